The van der Waals surface area contributed by atoms with Crippen LogP contribution in [0.4, 0.5) is 8.78 Å². The molecule has 0 atom stereocenters. The van der Waals surface area contributed by atoms with Crippen LogP contribution >= 0.6 is 11.3 Å². The molecular weight excluding hydrogens is 454 g/mol. The monoisotopic (exact) mass is 486 g/mol. The van der Waals surface area contributed by atoms with E-state index in [4.69, 9.17) is 9.84 Å². The summed E-state index contributed by atoms with van der Waals surface area (Å²) in [4.78, 5) is 12.0. The lowest BCUT2D eigenvalue weighted by Crippen LogP contribution is -2.19. The molecule has 2 aromatic carbocycles. The number of ether oxygens (including phenoxy) is 1. The normalized spacial score (nSPS) is 13.1. The van der Waals surface area contributed by atoms with Crippen molar-refractivity contribution >= 4 is 33.0 Å². The van der Waals surface area contributed by atoms with Crippen LogP contribution in [0.15, 0.2) is 42.5 Å². The summed E-state index contributed by atoms with van der Waals surface area (Å²) in [6.07, 6.45) is -1.39. The van der Waals surface area contributed by atoms with Gasteiger partial charge in [0.2, 0.25) is 0 Å². The zero-order valence-corrected chi connectivity index (χ0v) is 21.6. The number of benzene rings is 2. The summed E-state index contributed by atoms with van der Waals surface area (Å²) in [5.74, 6) is -0.554. The van der Waals surface area contributed by atoms with E-state index in [-0.39, 0.29) is 10.8 Å². The number of carboxylic acid groups (broad SMARTS) is 1. The highest BCUT2D eigenvalue weighted by Gasteiger charge is 2.28. The van der Waals surface area contributed by atoms with Gasteiger partial charge in [0.1, 0.15) is 12.4 Å². The van der Waals surface area contributed by atoms with Crippen molar-refractivity contribution in [2.45, 2.75) is 65.7 Å². The van der Waals surface area contributed by atoms with Crippen LogP contribution in [0.25, 0.3) is 26.8 Å². The highest BCUT2D eigenvalue weighted by Crippen LogP contribution is 2.46. The van der Waals surface area contributed by atoms with Gasteiger partial charge in [0, 0.05) is 26.6 Å². The summed E-state index contributed by atoms with van der Waals surface area (Å²) in [7, 11) is 0. The summed E-state index contributed by atoms with van der Waals surface area (Å²) in [6.45, 7) is 13.7. The largest absolute Gasteiger partial charge is 0.487 e. The highest BCUT2D eigenvalue weighted by atomic mass is 32.1. The molecule has 182 valence electrons. The summed E-state index contributed by atoms with van der Waals surface area (Å²) < 4.78 is 33.1. The van der Waals surface area contributed by atoms with Gasteiger partial charge in [-0.15, -0.1) is 11.3 Å². The van der Waals surface area contributed by atoms with E-state index in [9.17, 15) is 13.6 Å². The lowest BCUT2D eigenvalue weighted by Gasteiger charge is -2.30. The second kappa shape index (κ2) is 9.49. The smallest absolute Gasteiger partial charge is 0.328 e. The van der Waals surface area contributed by atoms with E-state index in [1.165, 1.54) is 17.4 Å². The van der Waals surface area contributed by atoms with Crippen molar-refractivity contribution in [3.05, 3.63) is 58.5 Å². The number of fused-ring (bicyclic) bond motifs is 1. The third-order valence-corrected chi connectivity index (χ3v) is 6.94. The minimum absolute atomic E-state index is 0.193. The molecule has 0 aliphatic heterocycles. The number of halogens is 2. The summed E-state index contributed by atoms with van der Waals surface area (Å²) in [6, 6.07) is 11.9. The van der Waals surface area contributed by atoms with Gasteiger partial charge in [-0.3, -0.25) is 0 Å². The molecule has 0 bridgehead atoms. The quantitative estimate of drug-likeness (QED) is 0.357. The first-order chi connectivity index (χ1) is 15.7. The summed E-state index contributed by atoms with van der Waals surface area (Å²) in [5, 5.41) is 10.1. The van der Waals surface area contributed by atoms with Crippen LogP contribution in [0.2, 0.25) is 0 Å². The minimum Gasteiger partial charge on any atom is -0.487 e. The van der Waals surface area contributed by atoms with Crippen LogP contribution in [0, 0.1) is 0 Å². The Morgan fingerprint density at radius 1 is 1.09 bits per heavy atom. The second-order valence-corrected chi connectivity index (χ2v) is 11.7. The molecule has 0 fully saturated rings. The van der Waals surface area contributed by atoms with E-state index in [0.717, 1.165) is 37.2 Å². The molecular formula is C28H32F2O3S. The van der Waals surface area contributed by atoms with Gasteiger partial charge in [-0.25, -0.2) is 13.6 Å². The summed E-state index contributed by atoms with van der Waals surface area (Å²) >= 11 is 1.51. The third-order valence-electron chi connectivity index (χ3n) is 5.70. The number of carbonyl (C=O) groups is 1. The Labute approximate surface area is 204 Å². The number of aliphatic carboxylic acids is 1. The highest BCUT2D eigenvalue weighted by molar-refractivity contribution is 7.20. The van der Waals surface area contributed by atoms with Gasteiger partial charge in [-0.1, -0.05) is 59.7 Å². The van der Waals surface area contributed by atoms with Crippen molar-refractivity contribution in [3.63, 3.8) is 0 Å². The number of hydrogen-bond donors (Lipinski definition) is 1. The first-order valence-corrected chi connectivity index (χ1v) is 12.0. The average Bonchev–Trinajstić information content (AvgIpc) is 3.14. The van der Waals surface area contributed by atoms with Crippen LogP contribution in [-0.2, 0) is 15.6 Å². The predicted octanol–water partition coefficient (Wildman–Crippen LogP) is 8.30. The maximum atomic E-state index is 13.2. The zero-order chi connectivity index (χ0) is 25.4. The van der Waals surface area contributed by atoms with Gasteiger partial charge in [-0.05, 0) is 58.2 Å². The lowest BCUT2D eigenvalue weighted by atomic mass is 9.76. The van der Waals surface area contributed by atoms with Crippen molar-refractivity contribution in [2.24, 2.45) is 0 Å². The van der Waals surface area contributed by atoms with Gasteiger partial charge in [-0.2, -0.15) is 0 Å². The molecule has 1 N–H and O–H groups in total. The van der Waals surface area contributed by atoms with Gasteiger partial charge < -0.3 is 9.84 Å². The topological polar surface area (TPSA) is 46.5 Å². The van der Waals surface area contributed by atoms with Gasteiger partial charge in [0.25, 0.3) is 6.43 Å². The van der Waals surface area contributed by atoms with E-state index in [2.05, 4.69) is 47.6 Å². The van der Waals surface area contributed by atoms with Crippen molar-refractivity contribution < 1.29 is 23.4 Å². The Morgan fingerprint density at radius 2 is 1.76 bits per heavy atom. The van der Waals surface area contributed by atoms with Crippen molar-refractivity contribution in [1.29, 1.82) is 0 Å². The molecule has 0 aliphatic rings. The van der Waals surface area contributed by atoms with Crippen LogP contribution in [0.3, 0.4) is 0 Å². The van der Waals surface area contributed by atoms with Crippen molar-refractivity contribution in [1.82, 2.24) is 0 Å². The molecule has 0 saturated carbocycles. The van der Waals surface area contributed by atoms with Crippen LogP contribution in [-0.4, -0.2) is 24.1 Å². The number of thiophene rings is 1. The van der Waals surface area contributed by atoms with Crippen LogP contribution < -0.4 is 4.74 Å². The van der Waals surface area contributed by atoms with Crippen LogP contribution in [0.5, 0.6) is 5.75 Å². The maximum absolute atomic E-state index is 13.2. The Bertz CT molecular complexity index is 1240. The Balaban J connectivity index is 2.37. The minimum atomic E-state index is -2.59. The fourth-order valence-electron chi connectivity index (χ4n) is 3.91. The Kier molecular flexibility index (Phi) is 7.23. The summed E-state index contributed by atoms with van der Waals surface area (Å²) in [5.41, 5.74) is 3.91. The van der Waals surface area contributed by atoms with Gasteiger partial charge >= 0.3 is 5.97 Å². The lowest BCUT2D eigenvalue weighted by molar-refractivity contribution is -0.131. The average molecular weight is 487 g/mol. The van der Waals surface area contributed by atoms with Crippen molar-refractivity contribution in [3.8, 4) is 16.9 Å². The first kappa shape index (κ1) is 25.9. The number of hydrogen-bond acceptors (Lipinski definition) is 3. The van der Waals surface area contributed by atoms with E-state index in [1.54, 1.807) is 6.92 Å². The molecule has 0 saturated heterocycles. The maximum Gasteiger partial charge on any atom is 0.328 e. The third kappa shape index (κ3) is 5.66. The zero-order valence-electron chi connectivity index (χ0n) is 20.8. The molecule has 0 amide bonds. The Hall–Kier alpha value is -2.73. The molecule has 0 spiro atoms. The van der Waals surface area contributed by atoms with Gasteiger partial charge in [0.05, 0.1) is 0 Å². The fraction of sp³-hybridized carbons (Fsp3) is 0.393. The first-order valence-electron chi connectivity index (χ1n) is 11.2. The molecule has 6 heteroatoms. The second-order valence-electron chi connectivity index (χ2n) is 10.6. The molecule has 0 aliphatic carbocycles. The van der Waals surface area contributed by atoms with Gasteiger partial charge in [0.15, 0.2) is 0 Å². The standard InChI is InChI=1S/C28H32F2O3S/c1-16(11-25(31)32)23-14-19-18(9-8-10-22(19)34-23)26-20(28(5,6)7)12-17(27(2,3)4)13-21(26)33-15-24(29)30/h8-14,24H,15H2,1-7H3,(H,31,32)/b16-11+. The van der Waals surface area contributed by atoms with E-state index >= 15 is 0 Å². The van der Waals surface area contributed by atoms with Crippen LogP contribution in [0.1, 0.15) is 64.5 Å². The molecule has 0 radical (unpaired) electrons. The van der Waals surface area contributed by atoms with E-state index < -0.39 is 19.0 Å². The fourth-order valence-corrected chi connectivity index (χ4v) is 4.97. The molecule has 34 heavy (non-hydrogen) atoms. The SMILES string of the molecule is C/C(=C\C(=O)O)c1cc2c(-c3c(OCC(F)F)cc(C(C)(C)C)cc3C(C)(C)C)cccc2s1. The number of rotatable bonds is 6. The Morgan fingerprint density at radius 3 is 2.32 bits per heavy atom. The molecule has 3 rings (SSSR count). The van der Waals surface area contributed by atoms with E-state index in [1.807, 2.05) is 30.3 Å². The predicted molar refractivity (Wildman–Crippen MR) is 137 cm³/mol. The number of alkyl halides is 2. The molecule has 1 aromatic heterocycles. The molecule has 3 nitrogen and oxygen atoms in total. The van der Waals surface area contributed by atoms with Crippen molar-refractivity contribution in [2.75, 3.05) is 6.61 Å². The molecule has 0 unspecified atom stereocenters. The number of carboxylic acids is 1. The van der Waals surface area contributed by atoms with E-state index in [0.29, 0.717) is 11.3 Å². The molecule has 3 aromatic rings. The molecule has 1 heterocycles. The number of allylic oxidation sites excluding steroid dienone is 1.